The Bertz CT molecular complexity index is 763. The Kier molecular flexibility index (Phi) is 7.49. The van der Waals surface area contributed by atoms with Crippen LogP contribution in [-0.4, -0.2) is 64.1 Å². The maximum absolute atomic E-state index is 12.4. The van der Waals surface area contributed by atoms with Crippen LogP contribution in [0, 0.1) is 6.92 Å². The molecule has 0 radical (unpaired) electrons. The van der Waals surface area contributed by atoms with Crippen LogP contribution in [0.4, 0.5) is 10.6 Å². The molecule has 0 spiro atoms. The van der Waals surface area contributed by atoms with Gasteiger partial charge in [0.1, 0.15) is 11.4 Å². The zero-order valence-corrected chi connectivity index (χ0v) is 17.8. The largest absolute Gasteiger partial charge is 0.444 e. The van der Waals surface area contributed by atoms with Crippen molar-refractivity contribution >= 4 is 41.4 Å². The molecule has 0 aliphatic carbocycles. The minimum absolute atomic E-state index is 0.0204. The molecular weight excluding hydrogens is 394 g/mol. The molecule has 0 saturated carbocycles. The molecule has 9 nitrogen and oxygen atoms in total. The second-order valence-corrected chi connectivity index (χ2v) is 8.30. The third-order valence-electron chi connectivity index (χ3n) is 4.17. The van der Waals surface area contributed by atoms with Crippen LogP contribution in [0.5, 0.6) is 0 Å². The summed E-state index contributed by atoms with van der Waals surface area (Å²) in [4.78, 5) is 41.3. The molecule has 1 aromatic heterocycles. The van der Waals surface area contributed by atoms with Crippen molar-refractivity contribution in [2.75, 3.05) is 18.4 Å². The van der Waals surface area contributed by atoms with Gasteiger partial charge in [-0.15, -0.1) is 0 Å². The molecular formula is C19H27N5O4S. The number of nitrogens with zero attached hydrogens (tertiary/aromatic N) is 2. The zero-order valence-electron chi connectivity index (χ0n) is 17.0. The lowest BCUT2D eigenvalue weighted by atomic mass is 9.99. The fourth-order valence-electron chi connectivity index (χ4n) is 2.80. The Labute approximate surface area is 175 Å². The van der Waals surface area contributed by atoms with Crippen molar-refractivity contribution < 1.29 is 19.1 Å². The topological polar surface area (TPSA) is 113 Å². The number of hydrogen-bond acceptors (Lipinski definition) is 6. The Morgan fingerprint density at radius 2 is 2.00 bits per heavy atom. The molecule has 29 heavy (non-hydrogen) atoms. The van der Waals surface area contributed by atoms with Gasteiger partial charge >= 0.3 is 6.09 Å². The summed E-state index contributed by atoms with van der Waals surface area (Å²) in [6.45, 7) is 7.95. The number of ether oxygens (including phenoxy) is 1. The molecule has 1 aliphatic rings. The number of nitrogens with one attached hydrogen (secondary N) is 3. The lowest BCUT2D eigenvalue weighted by Gasteiger charge is -2.38. The molecule has 1 saturated heterocycles. The molecule has 2 heterocycles. The lowest BCUT2D eigenvalue weighted by Crippen LogP contribution is -2.61. The molecule has 0 unspecified atom stereocenters. The van der Waals surface area contributed by atoms with Gasteiger partial charge in [0.2, 0.25) is 6.41 Å². The van der Waals surface area contributed by atoms with Crippen molar-refractivity contribution in [2.45, 2.75) is 51.8 Å². The first-order valence-electron chi connectivity index (χ1n) is 9.31. The summed E-state index contributed by atoms with van der Waals surface area (Å²) in [6, 6.07) is 2.72. The summed E-state index contributed by atoms with van der Waals surface area (Å²) in [5.74, 6) is -0.103. The van der Waals surface area contributed by atoms with Crippen molar-refractivity contribution in [1.29, 1.82) is 0 Å². The van der Waals surface area contributed by atoms with Crippen LogP contribution < -0.4 is 16.0 Å². The summed E-state index contributed by atoms with van der Waals surface area (Å²) in [7, 11) is 0. The number of alkyl carbamates (subject to hydrolysis) is 1. The summed E-state index contributed by atoms with van der Waals surface area (Å²) >= 11 is 5.22. The van der Waals surface area contributed by atoms with E-state index < -0.39 is 23.6 Å². The van der Waals surface area contributed by atoms with E-state index in [2.05, 4.69) is 20.9 Å². The molecule has 1 fully saturated rings. The van der Waals surface area contributed by atoms with Gasteiger partial charge in [-0.05, 0) is 45.7 Å². The van der Waals surface area contributed by atoms with Crippen LogP contribution in [0.15, 0.2) is 18.3 Å². The van der Waals surface area contributed by atoms with Gasteiger partial charge < -0.3 is 25.6 Å². The minimum Gasteiger partial charge on any atom is -0.444 e. The van der Waals surface area contributed by atoms with Gasteiger partial charge in [0, 0.05) is 19.3 Å². The van der Waals surface area contributed by atoms with E-state index in [1.165, 1.54) is 0 Å². The fourth-order valence-corrected chi connectivity index (χ4v) is 3.00. The van der Waals surface area contributed by atoms with E-state index in [0.29, 0.717) is 18.8 Å². The van der Waals surface area contributed by atoms with Gasteiger partial charge in [0.15, 0.2) is 4.99 Å². The van der Waals surface area contributed by atoms with Gasteiger partial charge in [-0.25, -0.2) is 9.78 Å². The zero-order chi connectivity index (χ0) is 21.6. The number of piperidine rings is 1. The SMILES string of the molecule is Cc1ccc(NC(=O)C(=S)N[C@H]2CCN(C=O)C[C@H]2NC(=O)OC(C)(C)C)nc1. The Balaban J connectivity index is 1.99. The second kappa shape index (κ2) is 9.64. The second-order valence-electron chi connectivity index (χ2n) is 7.90. The van der Waals surface area contributed by atoms with E-state index in [4.69, 9.17) is 17.0 Å². The number of amides is 3. The van der Waals surface area contributed by atoms with E-state index >= 15 is 0 Å². The third-order valence-corrected chi connectivity index (χ3v) is 4.47. The van der Waals surface area contributed by atoms with Crippen LogP contribution in [-0.2, 0) is 14.3 Å². The van der Waals surface area contributed by atoms with E-state index in [0.717, 1.165) is 12.0 Å². The van der Waals surface area contributed by atoms with Crippen LogP contribution in [0.2, 0.25) is 0 Å². The van der Waals surface area contributed by atoms with Crippen molar-refractivity contribution in [1.82, 2.24) is 20.5 Å². The Morgan fingerprint density at radius 3 is 2.59 bits per heavy atom. The van der Waals surface area contributed by atoms with Gasteiger partial charge in [0.05, 0.1) is 12.1 Å². The molecule has 158 valence electrons. The number of aryl methyl sites for hydroxylation is 1. The first kappa shape index (κ1) is 22.5. The molecule has 10 heteroatoms. The van der Waals surface area contributed by atoms with Gasteiger partial charge in [-0.2, -0.15) is 0 Å². The van der Waals surface area contributed by atoms with Crippen LogP contribution in [0.25, 0.3) is 0 Å². The number of carbonyl (C=O) groups is 3. The predicted octanol–water partition coefficient (Wildman–Crippen LogP) is 1.37. The maximum atomic E-state index is 12.4. The van der Waals surface area contributed by atoms with Crippen molar-refractivity contribution in [3.8, 4) is 0 Å². The van der Waals surface area contributed by atoms with Crippen molar-refractivity contribution in [3.05, 3.63) is 23.9 Å². The van der Waals surface area contributed by atoms with Crippen molar-refractivity contribution in [3.63, 3.8) is 0 Å². The summed E-state index contributed by atoms with van der Waals surface area (Å²) < 4.78 is 5.29. The minimum atomic E-state index is -0.651. The summed E-state index contributed by atoms with van der Waals surface area (Å²) in [5, 5.41) is 8.39. The van der Waals surface area contributed by atoms with Crippen LogP contribution >= 0.6 is 12.2 Å². The summed E-state index contributed by atoms with van der Waals surface area (Å²) in [6.07, 6.45) is 2.28. The third kappa shape index (κ3) is 7.30. The smallest absolute Gasteiger partial charge is 0.408 e. The highest BCUT2D eigenvalue weighted by molar-refractivity contribution is 7.82. The first-order valence-corrected chi connectivity index (χ1v) is 9.71. The monoisotopic (exact) mass is 421 g/mol. The van der Waals surface area contributed by atoms with Gasteiger partial charge in [-0.1, -0.05) is 18.3 Å². The lowest BCUT2D eigenvalue weighted by molar-refractivity contribution is -0.119. The van der Waals surface area contributed by atoms with Crippen LogP contribution in [0.3, 0.4) is 0 Å². The molecule has 1 aromatic rings. The predicted molar refractivity (Wildman–Crippen MR) is 113 cm³/mol. The van der Waals surface area contributed by atoms with Crippen molar-refractivity contribution in [2.24, 2.45) is 0 Å². The Morgan fingerprint density at radius 1 is 1.28 bits per heavy atom. The highest BCUT2D eigenvalue weighted by atomic mass is 32.1. The van der Waals surface area contributed by atoms with Gasteiger partial charge in [0.25, 0.3) is 5.91 Å². The number of thiocarbonyl (C=S) groups is 1. The summed E-state index contributed by atoms with van der Waals surface area (Å²) in [5.41, 5.74) is 0.323. The van der Waals surface area contributed by atoms with E-state index in [9.17, 15) is 14.4 Å². The number of anilines is 1. The quantitative estimate of drug-likeness (QED) is 0.497. The highest BCUT2D eigenvalue weighted by Gasteiger charge is 2.32. The molecule has 3 amide bonds. The molecule has 2 atom stereocenters. The number of aromatic nitrogens is 1. The Hall–Kier alpha value is -2.75. The van der Waals surface area contributed by atoms with E-state index in [1.54, 1.807) is 37.9 Å². The first-order chi connectivity index (χ1) is 13.6. The number of pyridine rings is 1. The average molecular weight is 422 g/mol. The van der Waals surface area contributed by atoms with E-state index in [1.807, 2.05) is 13.0 Å². The van der Waals surface area contributed by atoms with Crippen LogP contribution in [0.1, 0.15) is 32.8 Å². The number of hydrogen-bond donors (Lipinski definition) is 3. The molecule has 0 aromatic carbocycles. The maximum Gasteiger partial charge on any atom is 0.408 e. The highest BCUT2D eigenvalue weighted by Crippen LogP contribution is 2.13. The number of rotatable bonds is 4. The molecule has 2 rings (SSSR count). The standard InChI is InChI=1S/C19H27N5O4S/c1-12-5-6-15(20-9-12)23-16(26)17(29)21-13-7-8-24(11-25)10-14(13)22-18(27)28-19(2,3)4/h5-6,9,11,13-14H,7-8,10H2,1-4H3,(H,21,29)(H,22,27)(H,20,23,26)/t13-,14+/m0/s1. The average Bonchev–Trinajstić information content (AvgIpc) is 2.63. The molecule has 1 aliphatic heterocycles. The molecule has 3 N–H and O–H groups in total. The normalized spacial score (nSPS) is 19.1. The van der Waals surface area contributed by atoms with E-state index in [-0.39, 0.29) is 17.6 Å². The number of carbonyl (C=O) groups excluding carboxylic acids is 3. The van der Waals surface area contributed by atoms with Gasteiger partial charge in [-0.3, -0.25) is 9.59 Å². The number of likely N-dealkylation sites (tertiary alicyclic amines) is 1. The fraction of sp³-hybridized carbons (Fsp3) is 0.526. The molecule has 0 bridgehead atoms.